The van der Waals surface area contributed by atoms with E-state index in [0.29, 0.717) is 19.0 Å². The average Bonchev–Trinajstić information content (AvgIpc) is 3.21. The van der Waals surface area contributed by atoms with Crippen molar-refractivity contribution >= 4 is 5.91 Å². The van der Waals surface area contributed by atoms with Crippen molar-refractivity contribution in [1.29, 1.82) is 0 Å². The Balaban J connectivity index is 1.57. The molecule has 22 heavy (non-hydrogen) atoms. The first-order chi connectivity index (χ1) is 10.6. The van der Waals surface area contributed by atoms with Crippen molar-refractivity contribution < 1.29 is 9.90 Å². The molecule has 0 bridgehead atoms. The van der Waals surface area contributed by atoms with E-state index in [0.717, 1.165) is 25.3 Å². The summed E-state index contributed by atoms with van der Waals surface area (Å²) >= 11 is 0. The average molecular weight is 306 g/mol. The van der Waals surface area contributed by atoms with Crippen molar-refractivity contribution in [1.82, 2.24) is 14.5 Å². The summed E-state index contributed by atoms with van der Waals surface area (Å²) < 4.78 is 2.29. The maximum Gasteiger partial charge on any atom is 0.242 e. The van der Waals surface area contributed by atoms with Gasteiger partial charge in [0.1, 0.15) is 11.9 Å². The lowest BCUT2D eigenvalue weighted by Crippen LogP contribution is -2.51. The highest BCUT2D eigenvalue weighted by Crippen LogP contribution is 2.33. The van der Waals surface area contributed by atoms with E-state index in [4.69, 9.17) is 5.73 Å². The summed E-state index contributed by atoms with van der Waals surface area (Å²) in [7, 11) is 0. The number of aromatic nitrogens is 2. The molecule has 0 aromatic carbocycles. The van der Waals surface area contributed by atoms with E-state index in [2.05, 4.69) is 15.7 Å². The van der Waals surface area contributed by atoms with E-state index in [9.17, 15) is 9.90 Å². The van der Waals surface area contributed by atoms with Crippen LogP contribution in [0.2, 0.25) is 0 Å². The van der Waals surface area contributed by atoms with Crippen LogP contribution in [0.4, 0.5) is 0 Å². The fourth-order valence-electron chi connectivity index (χ4n) is 3.19. The molecule has 1 aliphatic heterocycles. The molecule has 1 amide bonds. The lowest BCUT2D eigenvalue weighted by Gasteiger charge is -2.34. The molecule has 3 rings (SSSR count). The summed E-state index contributed by atoms with van der Waals surface area (Å²) in [5.74, 6) is 2.27. The molecule has 1 aromatic heterocycles. The van der Waals surface area contributed by atoms with Gasteiger partial charge in [-0.15, -0.1) is 0 Å². The number of amides is 1. The van der Waals surface area contributed by atoms with Gasteiger partial charge in [0.05, 0.1) is 6.10 Å². The monoisotopic (exact) mass is 306 g/mol. The molecule has 2 heterocycles. The Labute approximate surface area is 131 Å². The van der Waals surface area contributed by atoms with Gasteiger partial charge in [-0.05, 0) is 38.5 Å². The van der Waals surface area contributed by atoms with Crippen LogP contribution in [0.3, 0.4) is 0 Å². The Bertz CT molecular complexity index is 516. The normalized spacial score (nSPS) is 22.6. The largest absolute Gasteiger partial charge is 0.391 e. The summed E-state index contributed by atoms with van der Waals surface area (Å²) in [6, 6.07) is -0.812. The van der Waals surface area contributed by atoms with E-state index < -0.39 is 12.1 Å². The van der Waals surface area contributed by atoms with Gasteiger partial charge in [0, 0.05) is 37.9 Å². The molecule has 3 N–H and O–H groups in total. The van der Waals surface area contributed by atoms with Crippen molar-refractivity contribution in [2.75, 3.05) is 13.1 Å². The van der Waals surface area contributed by atoms with Crippen LogP contribution in [-0.4, -0.2) is 50.7 Å². The Morgan fingerprint density at radius 1 is 1.41 bits per heavy atom. The molecule has 1 aromatic rings. The van der Waals surface area contributed by atoms with Crippen LogP contribution in [0.1, 0.15) is 44.3 Å². The third-order valence-corrected chi connectivity index (χ3v) is 4.88. The quantitative estimate of drug-likeness (QED) is 0.839. The molecule has 6 heteroatoms. The first-order valence-corrected chi connectivity index (χ1v) is 8.29. The summed E-state index contributed by atoms with van der Waals surface area (Å²) in [5.41, 5.74) is 5.75. The van der Waals surface area contributed by atoms with Crippen molar-refractivity contribution in [3.63, 3.8) is 0 Å². The second-order valence-corrected chi connectivity index (χ2v) is 6.75. The van der Waals surface area contributed by atoms with Gasteiger partial charge >= 0.3 is 0 Å². The molecule has 2 fully saturated rings. The first-order valence-electron chi connectivity index (χ1n) is 8.29. The minimum absolute atomic E-state index is 0.144. The fourth-order valence-corrected chi connectivity index (χ4v) is 3.19. The van der Waals surface area contributed by atoms with Crippen LogP contribution in [0.15, 0.2) is 12.4 Å². The highest BCUT2D eigenvalue weighted by molar-refractivity contribution is 5.82. The number of nitrogens with two attached hydrogens (primary N) is 1. The lowest BCUT2D eigenvalue weighted by molar-refractivity contribution is -0.135. The van der Waals surface area contributed by atoms with Crippen LogP contribution < -0.4 is 5.73 Å². The molecule has 2 aliphatic rings. The Morgan fingerprint density at radius 2 is 2.09 bits per heavy atom. The zero-order chi connectivity index (χ0) is 15.7. The summed E-state index contributed by atoms with van der Waals surface area (Å²) in [6.45, 7) is 4.03. The van der Waals surface area contributed by atoms with Gasteiger partial charge in [-0.25, -0.2) is 4.98 Å². The van der Waals surface area contributed by atoms with Crippen molar-refractivity contribution in [2.45, 2.75) is 57.2 Å². The molecule has 2 atom stereocenters. The van der Waals surface area contributed by atoms with E-state index in [-0.39, 0.29) is 5.91 Å². The van der Waals surface area contributed by atoms with Gasteiger partial charge in [-0.3, -0.25) is 4.79 Å². The Kier molecular flexibility index (Phi) is 4.49. The number of rotatable bonds is 5. The number of hydrogen-bond acceptors (Lipinski definition) is 4. The van der Waals surface area contributed by atoms with Gasteiger partial charge < -0.3 is 20.3 Å². The predicted molar refractivity (Wildman–Crippen MR) is 83.2 cm³/mol. The SMILES string of the molecule is C[C@@H](O)[C@H](N)C(=O)N1CCC(c2nccn2CC2CC2)CC1. The van der Waals surface area contributed by atoms with E-state index >= 15 is 0 Å². The molecule has 6 nitrogen and oxygen atoms in total. The number of piperidine rings is 1. The molecule has 1 saturated heterocycles. The maximum absolute atomic E-state index is 12.2. The molecule has 0 unspecified atom stereocenters. The Hall–Kier alpha value is -1.40. The number of likely N-dealkylation sites (tertiary alicyclic amines) is 1. The molecule has 122 valence electrons. The lowest BCUT2D eigenvalue weighted by atomic mass is 9.95. The number of carbonyl (C=O) groups excluding carboxylic acids is 1. The minimum Gasteiger partial charge on any atom is -0.391 e. The second kappa shape index (κ2) is 6.38. The minimum atomic E-state index is -0.812. The number of aliphatic hydroxyl groups excluding tert-OH is 1. The molecule has 1 aliphatic carbocycles. The fraction of sp³-hybridized carbons (Fsp3) is 0.750. The third-order valence-electron chi connectivity index (χ3n) is 4.88. The Morgan fingerprint density at radius 3 is 2.68 bits per heavy atom. The molecule has 0 spiro atoms. The highest BCUT2D eigenvalue weighted by Gasteiger charge is 2.31. The van der Waals surface area contributed by atoms with Gasteiger partial charge in [0.2, 0.25) is 5.91 Å². The van der Waals surface area contributed by atoms with Gasteiger partial charge in [-0.2, -0.15) is 0 Å². The zero-order valence-corrected chi connectivity index (χ0v) is 13.2. The molecular formula is C16H26N4O2. The smallest absolute Gasteiger partial charge is 0.242 e. The number of aliphatic hydroxyl groups is 1. The molecule has 0 radical (unpaired) electrons. The number of carbonyl (C=O) groups is 1. The number of hydrogen-bond donors (Lipinski definition) is 2. The summed E-state index contributed by atoms with van der Waals surface area (Å²) in [6.07, 6.45) is 7.67. The highest BCUT2D eigenvalue weighted by atomic mass is 16.3. The summed E-state index contributed by atoms with van der Waals surface area (Å²) in [4.78, 5) is 18.5. The second-order valence-electron chi connectivity index (χ2n) is 6.75. The topological polar surface area (TPSA) is 84.4 Å². The third kappa shape index (κ3) is 3.33. The standard InChI is InChI=1S/C16H26N4O2/c1-11(21)14(17)16(22)19-7-4-13(5-8-19)15-18-6-9-20(15)10-12-2-3-12/h6,9,11-14,21H,2-5,7-8,10,17H2,1H3/t11-,14+/m1/s1. The van der Waals surface area contributed by atoms with E-state index in [1.807, 2.05) is 6.20 Å². The van der Waals surface area contributed by atoms with Crippen molar-refractivity contribution in [3.8, 4) is 0 Å². The molecular weight excluding hydrogens is 280 g/mol. The van der Waals surface area contributed by atoms with Crippen molar-refractivity contribution in [3.05, 3.63) is 18.2 Å². The van der Waals surface area contributed by atoms with Crippen molar-refractivity contribution in [2.24, 2.45) is 11.7 Å². The predicted octanol–water partition coefficient (Wildman–Crippen LogP) is 0.707. The van der Waals surface area contributed by atoms with Crippen LogP contribution in [0.5, 0.6) is 0 Å². The van der Waals surface area contributed by atoms with Crippen LogP contribution >= 0.6 is 0 Å². The summed E-state index contributed by atoms with van der Waals surface area (Å²) in [5, 5.41) is 9.46. The van der Waals surface area contributed by atoms with Gasteiger partial charge in [0.15, 0.2) is 0 Å². The number of imidazole rings is 1. The number of nitrogens with zero attached hydrogens (tertiary/aromatic N) is 3. The van der Waals surface area contributed by atoms with E-state index in [1.165, 1.54) is 18.7 Å². The first kappa shape index (κ1) is 15.5. The van der Waals surface area contributed by atoms with E-state index in [1.54, 1.807) is 11.8 Å². The molecule has 1 saturated carbocycles. The zero-order valence-electron chi connectivity index (χ0n) is 13.2. The van der Waals surface area contributed by atoms with Gasteiger partial charge in [0.25, 0.3) is 0 Å². The van der Waals surface area contributed by atoms with Crippen LogP contribution in [-0.2, 0) is 11.3 Å². The van der Waals surface area contributed by atoms with Crippen LogP contribution in [0.25, 0.3) is 0 Å². The van der Waals surface area contributed by atoms with Gasteiger partial charge in [-0.1, -0.05) is 0 Å². The maximum atomic E-state index is 12.2. The van der Waals surface area contributed by atoms with Crippen LogP contribution in [0, 0.1) is 5.92 Å².